The summed E-state index contributed by atoms with van der Waals surface area (Å²) in [5.41, 5.74) is -1.67. The van der Waals surface area contributed by atoms with Crippen LogP contribution >= 0.6 is 0 Å². The molecule has 1 N–H and O–H groups in total. The molecule has 102 valence electrons. The summed E-state index contributed by atoms with van der Waals surface area (Å²) in [5, 5.41) is 0. The van der Waals surface area contributed by atoms with Gasteiger partial charge in [-0.3, -0.25) is 4.79 Å². The second kappa shape index (κ2) is 3.95. The Bertz CT molecular complexity index is 505. The Morgan fingerprint density at radius 1 is 1.11 bits per heavy atom. The third-order valence-electron chi connectivity index (χ3n) is 1.92. The maximum absolute atomic E-state index is 13.1. The number of nitrogens with one attached hydrogen (secondary N) is 1. The van der Waals surface area contributed by atoms with E-state index < -0.39 is 35.1 Å². The Morgan fingerprint density at radius 2 is 1.61 bits per heavy atom. The highest BCUT2D eigenvalue weighted by molar-refractivity contribution is 5.09. The second-order valence-corrected chi connectivity index (χ2v) is 3.38. The molecule has 0 atom stereocenters. The molecule has 0 bridgehead atoms. The van der Waals surface area contributed by atoms with Crippen molar-refractivity contribution in [2.24, 2.45) is 0 Å². The third kappa shape index (κ3) is 2.18. The number of hydrogen-bond acceptors (Lipinski definition) is 2. The minimum Gasteiger partial charge on any atom is -0.305 e. The van der Waals surface area contributed by atoms with Crippen molar-refractivity contribution in [2.45, 2.75) is 24.9 Å². The molecule has 1 rings (SSSR count). The van der Waals surface area contributed by atoms with Crippen LogP contribution in [-0.4, -0.2) is 22.1 Å². The van der Waals surface area contributed by atoms with Gasteiger partial charge >= 0.3 is 18.0 Å². The molecule has 1 aromatic rings. The number of alkyl halides is 7. The molecular formula is C8H5F7N2O. The zero-order valence-corrected chi connectivity index (χ0v) is 8.58. The average molecular weight is 278 g/mol. The number of nitrogens with zero attached hydrogens (tertiary/aromatic N) is 1. The van der Waals surface area contributed by atoms with E-state index in [0.29, 0.717) is 6.07 Å². The quantitative estimate of drug-likeness (QED) is 0.844. The lowest BCUT2D eigenvalue weighted by Crippen LogP contribution is -2.51. The fourth-order valence-corrected chi connectivity index (χ4v) is 1.05. The van der Waals surface area contributed by atoms with Crippen molar-refractivity contribution in [2.75, 3.05) is 0 Å². The Balaban J connectivity index is 3.42. The smallest absolute Gasteiger partial charge is 0.305 e. The average Bonchev–Trinajstić information content (AvgIpc) is 2.13. The zero-order valence-electron chi connectivity index (χ0n) is 8.58. The molecule has 0 aromatic carbocycles. The maximum Gasteiger partial charge on any atom is 0.460 e. The van der Waals surface area contributed by atoms with E-state index in [1.807, 2.05) is 0 Å². The first-order valence-electron chi connectivity index (χ1n) is 4.30. The van der Waals surface area contributed by atoms with E-state index in [4.69, 9.17) is 0 Å². The number of halogens is 7. The number of aromatic nitrogens is 2. The summed E-state index contributed by atoms with van der Waals surface area (Å²) in [6, 6.07) is 0.672. The number of aryl methyl sites for hydroxylation is 1. The van der Waals surface area contributed by atoms with Crippen molar-refractivity contribution in [1.29, 1.82) is 0 Å². The molecule has 0 aliphatic heterocycles. The molecule has 0 unspecified atom stereocenters. The Morgan fingerprint density at radius 3 is 2.00 bits per heavy atom. The van der Waals surface area contributed by atoms with E-state index in [2.05, 4.69) is 4.98 Å². The van der Waals surface area contributed by atoms with E-state index in [1.165, 1.54) is 4.98 Å². The SMILES string of the molecule is Cc1cc(=O)[nH]c(C(F)(F)C(F)(F)C(F)(F)F)n1. The molecule has 10 heteroatoms. The van der Waals surface area contributed by atoms with Crippen LogP contribution in [0.3, 0.4) is 0 Å². The predicted molar refractivity (Wildman–Crippen MR) is 44.5 cm³/mol. The van der Waals surface area contributed by atoms with Gasteiger partial charge in [0.2, 0.25) is 0 Å². The summed E-state index contributed by atoms with van der Waals surface area (Å²) in [6.45, 7) is 1.00. The summed E-state index contributed by atoms with van der Waals surface area (Å²) in [5.74, 6) is -14.0. The van der Waals surface area contributed by atoms with Gasteiger partial charge in [-0.05, 0) is 6.92 Å². The van der Waals surface area contributed by atoms with Crippen LogP contribution in [0, 0.1) is 6.92 Å². The van der Waals surface area contributed by atoms with Gasteiger partial charge in [0.05, 0.1) is 0 Å². The van der Waals surface area contributed by atoms with Gasteiger partial charge in [-0.15, -0.1) is 0 Å². The fourth-order valence-electron chi connectivity index (χ4n) is 1.05. The molecule has 0 fully saturated rings. The van der Waals surface area contributed by atoms with Crippen LogP contribution in [0.4, 0.5) is 30.7 Å². The minimum absolute atomic E-state index is 0.411. The van der Waals surface area contributed by atoms with Gasteiger partial charge in [0.1, 0.15) is 0 Å². The summed E-state index contributed by atoms with van der Waals surface area (Å²) in [4.78, 5) is 14.7. The second-order valence-electron chi connectivity index (χ2n) is 3.38. The van der Waals surface area contributed by atoms with Gasteiger partial charge in [0.15, 0.2) is 5.82 Å². The first-order chi connectivity index (χ1) is 7.89. The first-order valence-corrected chi connectivity index (χ1v) is 4.30. The van der Waals surface area contributed by atoms with Gasteiger partial charge in [-0.2, -0.15) is 30.7 Å². The molecule has 1 aromatic heterocycles. The summed E-state index contributed by atoms with van der Waals surface area (Å²) in [7, 11) is 0. The summed E-state index contributed by atoms with van der Waals surface area (Å²) in [6.07, 6.45) is -6.47. The van der Waals surface area contributed by atoms with Crippen molar-refractivity contribution < 1.29 is 30.7 Å². The van der Waals surface area contributed by atoms with Gasteiger partial charge in [0.25, 0.3) is 5.56 Å². The molecule has 1 heterocycles. The van der Waals surface area contributed by atoms with Gasteiger partial charge < -0.3 is 4.98 Å². The number of hydrogen-bond donors (Lipinski definition) is 1. The molecule has 0 aliphatic carbocycles. The van der Waals surface area contributed by atoms with Gasteiger partial charge in [-0.25, -0.2) is 4.98 Å². The standard InChI is InChI=1S/C8H5F7N2O/c1-3-2-4(18)17-5(16-3)6(9,10)7(11,12)8(13,14)15/h2H,1H3,(H,16,17,18). The molecule has 0 spiro atoms. The zero-order chi connectivity index (χ0) is 14.4. The largest absolute Gasteiger partial charge is 0.460 e. The van der Waals surface area contributed by atoms with Crippen molar-refractivity contribution in [1.82, 2.24) is 9.97 Å². The van der Waals surface area contributed by atoms with Crippen LogP contribution in [0.1, 0.15) is 11.5 Å². The molecule has 0 saturated carbocycles. The van der Waals surface area contributed by atoms with E-state index in [-0.39, 0.29) is 0 Å². The molecule has 0 saturated heterocycles. The van der Waals surface area contributed by atoms with Crippen LogP contribution in [0.15, 0.2) is 10.9 Å². The molecule has 3 nitrogen and oxygen atoms in total. The lowest BCUT2D eigenvalue weighted by molar-refractivity contribution is -0.361. The third-order valence-corrected chi connectivity index (χ3v) is 1.92. The normalized spacial score (nSPS) is 13.8. The summed E-state index contributed by atoms with van der Waals surface area (Å²) >= 11 is 0. The van der Waals surface area contributed by atoms with Crippen LogP contribution in [-0.2, 0) is 5.92 Å². The van der Waals surface area contributed by atoms with E-state index in [0.717, 1.165) is 6.92 Å². The van der Waals surface area contributed by atoms with Crippen LogP contribution in [0.2, 0.25) is 0 Å². The van der Waals surface area contributed by atoms with Crippen LogP contribution in [0.25, 0.3) is 0 Å². The first kappa shape index (κ1) is 14.5. The highest BCUT2D eigenvalue weighted by Crippen LogP contribution is 2.50. The molecule has 18 heavy (non-hydrogen) atoms. The lowest BCUT2D eigenvalue weighted by atomic mass is 10.1. The number of H-pyrrole nitrogens is 1. The van der Waals surface area contributed by atoms with Crippen LogP contribution in [0.5, 0.6) is 0 Å². The number of rotatable bonds is 2. The van der Waals surface area contributed by atoms with E-state index >= 15 is 0 Å². The highest BCUT2D eigenvalue weighted by Gasteiger charge is 2.74. The van der Waals surface area contributed by atoms with Gasteiger partial charge in [-0.1, -0.05) is 0 Å². The topological polar surface area (TPSA) is 45.8 Å². The predicted octanol–water partition coefficient (Wildman–Crippen LogP) is 2.37. The molecule has 0 amide bonds. The molecular weight excluding hydrogens is 273 g/mol. The van der Waals surface area contributed by atoms with Crippen molar-refractivity contribution in [3.05, 3.63) is 27.9 Å². The highest BCUT2D eigenvalue weighted by atomic mass is 19.4. The summed E-state index contributed by atoms with van der Waals surface area (Å²) < 4.78 is 87.0. The number of aromatic amines is 1. The Kier molecular flexibility index (Phi) is 3.17. The van der Waals surface area contributed by atoms with Crippen LogP contribution < -0.4 is 5.56 Å². The van der Waals surface area contributed by atoms with Crippen molar-refractivity contribution in [3.63, 3.8) is 0 Å². The molecule has 0 radical (unpaired) electrons. The Hall–Kier alpha value is -1.61. The Labute approximate surface area is 94.7 Å². The van der Waals surface area contributed by atoms with E-state index in [1.54, 1.807) is 0 Å². The minimum atomic E-state index is -6.47. The van der Waals surface area contributed by atoms with Crippen molar-refractivity contribution in [3.8, 4) is 0 Å². The van der Waals surface area contributed by atoms with Gasteiger partial charge in [0, 0.05) is 11.8 Å². The monoisotopic (exact) mass is 278 g/mol. The molecule has 0 aliphatic rings. The van der Waals surface area contributed by atoms with Crippen molar-refractivity contribution >= 4 is 0 Å². The van der Waals surface area contributed by atoms with E-state index in [9.17, 15) is 35.5 Å². The lowest BCUT2D eigenvalue weighted by Gasteiger charge is -2.27. The fraction of sp³-hybridized carbons (Fsp3) is 0.500. The maximum atomic E-state index is 13.1.